The third kappa shape index (κ3) is 3.33. The van der Waals surface area contributed by atoms with Crippen LogP contribution < -0.4 is 5.32 Å². The van der Waals surface area contributed by atoms with Crippen molar-refractivity contribution in [1.82, 2.24) is 9.78 Å². The summed E-state index contributed by atoms with van der Waals surface area (Å²) in [4.78, 5) is 11.1. The van der Waals surface area contributed by atoms with Gasteiger partial charge in [0.2, 0.25) is 0 Å². The van der Waals surface area contributed by atoms with Gasteiger partial charge in [0.15, 0.2) is 0 Å². The van der Waals surface area contributed by atoms with Crippen molar-refractivity contribution in [2.24, 2.45) is 7.05 Å². The van der Waals surface area contributed by atoms with Crippen LogP contribution in [0.5, 0.6) is 0 Å². The molecule has 0 bridgehead atoms. The van der Waals surface area contributed by atoms with E-state index in [0.717, 1.165) is 17.8 Å². The Hall–Kier alpha value is -2.51. The van der Waals surface area contributed by atoms with E-state index < -0.39 is 23.3 Å². The van der Waals surface area contributed by atoms with E-state index in [1.807, 2.05) is 0 Å². The standard InChI is InChI=1S/C13H12F3N3O2/c1-19-9(4-5-18-19)7-17-11-3-2-8(13(14,15)16)6-10(11)12(20)21/h2-6,17H,7H2,1H3,(H,20,21). The van der Waals surface area contributed by atoms with Gasteiger partial charge in [-0.15, -0.1) is 0 Å². The van der Waals surface area contributed by atoms with Crippen LogP contribution in [-0.4, -0.2) is 20.9 Å². The Morgan fingerprint density at radius 3 is 2.62 bits per heavy atom. The first kappa shape index (κ1) is 14.9. The maximum Gasteiger partial charge on any atom is 0.416 e. The molecule has 0 amide bonds. The molecule has 8 heteroatoms. The van der Waals surface area contributed by atoms with Crippen LogP contribution in [0.25, 0.3) is 0 Å². The lowest BCUT2D eigenvalue weighted by Crippen LogP contribution is -2.12. The Morgan fingerprint density at radius 1 is 1.38 bits per heavy atom. The Balaban J connectivity index is 2.27. The van der Waals surface area contributed by atoms with Crippen molar-refractivity contribution < 1.29 is 23.1 Å². The van der Waals surface area contributed by atoms with Crippen molar-refractivity contribution >= 4 is 11.7 Å². The van der Waals surface area contributed by atoms with Gasteiger partial charge in [0.1, 0.15) is 0 Å². The van der Waals surface area contributed by atoms with E-state index in [2.05, 4.69) is 10.4 Å². The molecule has 112 valence electrons. The van der Waals surface area contributed by atoms with E-state index in [1.165, 1.54) is 0 Å². The SMILES string of the molecule is Cn1nccc1CNc1ccc(C(F)(F)F)cc1C(=O)O. The minimum Gasteiger partial charge on any atom is -0.478 e. The fraction of sp³-hybridized carbons (Fsp3) is 0.231. The lowest BCUT2D eigenvalue weighted by atomic mass is 10.1. The fourth-order valence-corrected chi connectivity index (χ4v) is 1.81. The van der Waals surface area contributed by atoms with Crippen molar-refractivity contribution in [1.29, 1.82) is 0 Å². The van der Waals surface area contributed by atoms with Crippen LogP contribution in [0.4, 0.5) is 18.9 Å². The zero-order valence-electron chi connectivity index (χ0n) is 11.0. The number of aromatic carboxylic acids is 1. The van der Waals surface area contributed by atoms with Crippen molar-refractivity contribution in [2.75, 3.05) is 5.32 Å². The number of nitrogens with one attached hydrogen (secondary N) is 1. The summed E-state index contributed by atoms with van der Waals surface area (Å²) in [6.45, 7) is 0.252. The van der Waals surface area contributed by atoms with Gasteiger partial charge in [0, 0.05) is 18.9 Å². The molecule has 2 rings (SSSR count). The summed E-state index contributed by atoms with van der Waals surface area (Å²) in [6, 6.07) is 4.30. The maximum atomic E-state index is 12.6. The number of carboxylic acid groups (broad SMARTS) is 1. The largest absolute Gasteiger partial charge is 0.478 e. The minimum atomic E-state index is -4.58. The van der Waals surface area contributed by atoms with Crippen LogP contribution >= 0.6 is 0 Å². The number of nitrogens with zero attached hydrogens (tertiary/aromatic N) is 2. The molecule has 0 saturated heterocycles. The van der Waals surface area contributed by atoms with Crippen molar-refractivity contribution in [3.63, 3.8) is 0 Å². The van der Waals surface area contributed by atoms with E-state index in [4.69, 9.17) is 5.11 Å². The number of carbonyl (C=O) groups is 1. The van der Waals surface area contributed by atoms with Crippen LogP contribution in [0.2, 0.25) is 0 Å². The maximum absolute atomic E-state index is 12.6. The molecule has 0 radical (unpaired) electrons. The third-order valence-corrected chi connectivity index (χ3v) is 2.96. The molecule has 2 N–H and O–H groups in total. The molecule has 1 heterocycles. The molecule has 0 saturated carbocycles. The van der Waals surface area contributed by atoms with Gasteiger partial charge in [-0.2, -0.15) is 18.3 Å². The summed E-state index contributed by atoms with van der Waals surface area (Å²) in [5.41, 5.74) is -0.527. The Bertz CT molecular complexity index is 665. The molecule has 0 atom stereocenters. The molecule has 0 fully saturated rings. The second-order valence-electron chi connectivity index (χ2n) is 4.36. The third-order valence-electron chi connectivity index (χ3n) is 2.96. The topological polar surface area (TPSA) is 67.2 Å². The molecule has 2 aromatic rings. The number of rotatable bonds is 4. The van der Waals surface area contributed by atoms with Crippen LogP contribution in [0.15, 0.2) is 30.5 Å². The van der Waals surface area contributed by atoms with Gasteiger partial charge < -0.3 is 10.4 Å². The van der Waals surface area contributed by atoms with E-state index in [0.29, 0.717) is 6.07 Å². The van der Waals surface area contributed by atoms with E-state index >= 15 is 0 Å². The van der Waals surface area contributed by atoms with Crippen molar-refractivity contribution in [2.45, 2.75) is 12.7 Å². The molecule has 21 heavy (non-hydrogen) atoms. The first-order valence-electron chi connectivity index (χ1n) is 5.94. The molecule has 0 aliphatic rings. The number of aryl methyl sites for hydroxylation is 1. The highest BCUT2D eigenvalue weighted by molar-refractivity contribution is 5.94. The molecule has 1 aromatic heterocycles. The number of carboxylic acids is 1. The second-order valence-corrected chi connectivity index (χ2v) is 4.36. The van der Waals surface area contributed by atoms with Crippen LogP contribution in [-0.2, 0) is 19.8 Å². The van der Waals surface area contributed by atoms with E-state index in [9.17, 15) is 18.0 Å². The molecule has 0 spiro atoms. The summed E-state index contributed by atoms with van der Waals surface area (Å²) >= 11 is 0. The summed E-state index contributed by atoms with van der Waals surface area (Å²) in [5.74, 6) is -1.42. The number of hydrogen-bond donors (Lipinski definition) is 2. The van der Waals surface area contributed by atoms with E-state index in [1.54, 1.807) is 24.0 Å². The Morgan fingerprint density at radius 2 is 2.10 bits per heavy atom. The Labute approximate surface area is 118 Å². The monoisotopic (exact) mass is 299 g/mol. The number of hydrogen-bond acceptors (Lipinski definition) is 3. The van der Waals surface area contributed by atoms with Gasteiger partial charge in [-0.25, -0.2) is 4.79 Å². The van der Waals surface area contributed by atoms with Gasteiger partial charge in [-0.3, -0.25) is 4.68 Å². The van der Waals surface area contributed by atoms with Crippen LogP contribution in [0.1, 0.15) is 21.6 Å². The average Bonchev–Trinajstić information content (AvgIpc) is 2.80. The first-order valence-corrected chi connectivity index (χ1v) is 5.94. The van der Waals surface area contributed by atoms with E-state index in [-0.39, 0.29) is 12.2 Å². The average molecular weight is 299 g/mol. The summed E-state index contributed by atoms with van der Waals surface area (Å²) in [5, 5.41) is 15.8. The fourth-order valence-electron chi connectivity index (χ4n) is 1.81. The number of aromatic nitrogens is 2. The molecule has 0 aliphatic heterocycles. The van der Waals surface area contributed by atoms with Gasteiger partial charge >= 0.3 is 12.1 Å². The molecule has 5 nitrogen and oxygen atoms in total. The van der Waals surface area contributed by atoms with Gasteiger partial charge in [0.25, 0.3) is 0 Å². The molecular weight excluding hydrogens is 287 g/mol. The zero-order chi connectivity index (χ0) is 15.6. The number of alkyl halides is 3. The highest BCUT2D eigenvalue weighted by atomic mass is 19.4. The Kier molecular flexibility index (Phi) is 3.88. The van der Waals surface area contributed by atoms with Crippen molar-refractivity contribution in [3.8, 4) is 0 Å². The molecule has 0 aliphatic carbocycles. The number of benzene rings is 1. The van der Waals surface area contributed by atoms with Crippen LogP contribution in [0.3, 0.4) is 0 Å². The zero-order valence-corrected chi connectivity index (χ0v) is 11.0. The first-order chi connectivity index (χ1) is 9.79. The summed E-state index contributed by atoms with van der Waals surface area (Å²) in [7, 11) is 1.71. The normalized spacial score (nSPS) is 11.4. The number of anilines is 1. The van der Waals surface area contributed by atoms with Gasteiger partial charge in [0.05, 0.1) is 23.4 Å². The lowest BCUT2D eigenvalue weighted by Gasteiger charge is -2.13. The summed E-state index contributed by atoms with van der Waals surface area (Å²) < 4.78 is 39.4. The van der Waals surface area contributed by atoms with Crippen molar-refractivity contribution in [3.05, 3.63) is 47.3 Å². The lowest BCUT2D eigenvalue weighted by molar-refractivity contribution is -0.137. The second kappa shape index (κ2) is 5.47. The quantitative estimate of drug-likeness (QED) is 0.911. The van der Waals surface area contributed by atoms with Gasteiger partial charge in [-0.05, 0) is 24.3 Å². The molecule has 0 unspecified atom stereocenters. The summed E-state index contributed by atoms with van der Waals surface area (Å²) in [6.07, 6.45) is -3.01. The molecule has 1 aromatic carbocycles. The minimum absolute atomic E-state index is 0.122. The van der Waals surface area contributed by atoms with Crippen LogP contribution in [0, 0.1) is 0 Å². The highest BCUT2D eigenvalue weighted by Gasteiger charge is 2.31. The highest BCUT2D eigenvalue weighted by Crippen LogP contribution is 2.32. The predicted octanol–water partition coefficient (Wildman–Crippen LogP) is 2.75. The predicted molar refractivity (Wildman–Crippen MR) is 68.9 cm³/mol. The van der Waals surface area contributed by atoms with Gasteiger partial charge in [-0.1, -0.05) is 0 Å². The smallest absolute Gasteiger partial charge is 0.416 e. The molecular formula is C13H12F3N3O2. The number of halogens is 3.